The van der Waals surface area contributed by atoms with Gasteiger partial charge in [-0.1, -0.05) is 84.9 Å². The second-order valence-corrected chi connectivity index (χ2v) is 12.8. The van der Waals surface area contributed by atoms with Crippen molar-refractivity contribution in [2.24, 2.45) is 0 Å². The number of hydrogen-bond donors (Lipinski definition) is 2. The molecule has 0 spiro atoms. The molecule has 8 rings (SSSR count). The molecular weight excluding hydrogens is 633 g/mol. The van der Waals surface area contributed by atoms with Gasteiger partial charge in [0.15, 0.2) is 11.2 Å². The van der Waals surface area contributed by atoms with Gasteiger partial charge in [0.1, 0.15) is 6.33 Å². The first-order valence-corrected chi connectivity index (χ1v) is 17.2. The van der Waals surface area contributed by atoms with Crippen molar-refractivity contribution < 1.29 is 9.84 Å². The molecule has 0 amide bonds. The lowest BCUT2D eigenvalue weighted by Crippen LogP contribution is -2.06. The Labute approximate surface area is 297 Å². The van der Waals surface area contributed by atoms with Crippen molar-refractivity contribution in [2.75, 3.05) is 13.2 Å². The van der Waals surface area contributed by atoms with Gasteiger partial charge in [0, 0.05) is 34.9 Å². The summed E-state index contributed by atoms with van der Waals surface area (Å²) in [6, 6.07) is 33.5. The molecule has 0 bridgehead atoms. The van der Waals surface area contributed by atoms with Crippen LogP contribution in [0.3, 0.4) is 0 Å². The Morgan fingerprint density at radius 1 is 0.588 bits per heavy atom. The lowest BCUT2D eigenvalue weighted by molar-refractivity contribution is 0.299. The lowest BCUT2D eigenvalue weighted by Gasteiger charge is -2.14. The largest absolute Gasteiger partial charge is 0.476 e. The van der Waals surface area contributed by atoms with Crippen LogP contribution in [0.15, 0.2) is 110 Å². The fraction of sp³-hybridized carbons (Fsp3) is 0.186. The number of aliphatic hydroxyl groups excluding tert-OH is 1. The van der Waals surface area contributed by atoms with Crippen molar-refractivity contribution in [2.45, 2.75) is 40.5 Å². The Morgan fingerprint density at radius 2 is 1.14 bits per heavy atom. The molecule has 2 N–H and O–H groups in total. The first-order valence-electron chi connectivity index (χ1n) is 17.2. The molecule has 4 aromatic heterocycles. The second kappa shape index (κ2) is 14.9. The summed E-state index contributed by atoms with van der Waals surface area (Å²) in [5.41, 5.74) is 14.7. The molecule has 0 aliphatic rings. The van der Waals surface area contributed by atoms with Gasteiger partial charge in [-0.2, -0.15) is 4.98 Å². The lowest BCUT2D eigenvalue weighted by atomic mass is 9.97. The highest BCUT2D eigenvalue weighted by atomic mass is 16.5. The van der Waals surface area contributed by atoms with Gasteiger partial charge in [0.2, 0.25) is 5.88 Å². The van der Waals surface area contributed by atoms with E-state index in [0.29, 0.717) is 36.5 Å². The van der Waals surface area contributed by atoms with Crippen LogP contribution in [-0.4, -0.2) is 48.2 Å². The van der Waals surface area contributed by atoms with Gasteiger partial charge in [0.05, 0.1) is 35.4 Å². The molecule has 0 unspecified atom stereocenters. The monoisotopic (exact) mass is 672 g/mol. The number of aromatic nitrogens is 6. The fourth-order valence-electron chi connectivity index (χ4n) is 6.53. The summed E-state index contributed by atoms with van der Waals surface area (Å²) in [5.74, 6) is 0.489. The number of aliphatic hydroxyl groups is 1. The predicted molar refractivity (Wildman–Crippen MR) is 205 cm³/mol. The van der Waals surface area contributed by atoms with E-state index in [1.165, 1.54) is 28.6 Å². The van der Waals surface area contributed by atoms with Gasteiger partial charge < -0.3 is 14.8 Å². The Bertz CT molecular complexity index is 2490. The van der Waals surface area contributed by atoms with Gasteiger partial charge in [-0.3, -0.25) is 0 Å². The third-order valence-electron chi connectivity index (χ3n) is 9.23. The van der Waals surface area contributed by atoms with E-state index < -0.39 is 0 Å². The van der Waals surface area contributed by atoms with Crippen molar-refractivity contribution in [3.63, 3.8) is 0 Å². The number of fused-ring (bicyclic) bond motifs is 3. The standard InChI is InChI=1S/C24H21N5O.C19H19NO/c1-15-6-3-4-9-19(15)21-18(12-17-8-5-7-16(2)20(17)29-21)10-11-30-24-22-23(26-13-25-22)27-14-28-24;1-13-6-3-4-9-17(13)19-16(10-11-21)12-15-8-5-7-14(2)18(15)20-19/h3-9,12-14H,10-11H2,1-2H3,(H,25,26,27,28);3-9,12,21H,10-11H2,1-2H3. The highest BCUT2D eigenvalue weighted by Crippen LogP contribution is 2.31. The zero-order chi connectivity index (χ0) is 35.3. The number of ether oxygens (including phenoxy) is 1. The number of benzene rings is 4. The molecular formula is C43H40N6O2. The van der Waals surface area contributed by atoms with E-state index in [0.717, 1.165) is 55.4 Å². The average Bonchev–Trinajstić information content (AvgIpc) is 3.63. The van der Waals surface area contributed by atoms with Gasteiger partial charge in [-0.25, -0.2) is 19.9 Å². The van der Waals surface area contributed by atoms with Crippen LogP contribution in [0.5, 0.6) is 5.88 Å². The number of aryl methyl sites for hydroxylation is 4. The maximum absolute atomic E-state index is 9.36. The second-order valence-electron chi connectivity index (χ2n) is 12.8. The first kappa shape index (κ1) is 33.5. The number of nitrogens with one attached hydrogen (secondary N) is 1. The highest BCUT2D eigenvalue weighted by molar-refractivity contribution is 5.87. The van der Waals surface area contributed by atoms with Crippen LogP contribution >= 0.6 is 0 Å². The molecule has 0 saturated heterocycles. The smallest absolute Gasteiger partial charge is 0.245 e. The van der Waals surface area contributed by atoms with Crippen molar-refractivity contribution in [1.82, 2.24) is 29.9 Å². The maximum Gasteiger partial charge on any atom is 0.245 e. The van der Waals surface area contributed by atoms with E-state index in [9.17, 15) is 5.11 Å². The molecule has 0 atom stereocenters. The SMILES string of the molecule is Cc1ccccc1-c1nc2c(C)cccc2cc1CCO.Cc1ccccc1-c1nc2c(C)cccc2cc1CCOc1ncnc2[nH]cnc12. The molecule has 0 aliphatic carbocycles. The topological polar surface area (TPSA) is 110 Å². The molecule has 0 radical (unpaired) electrons. The van der Waals surface area contributed by atoms with Crippen molar-refractivity contribution >= 4 is 33.0 Å². The summed E-state index contributed by atoms with van der Waals surface area (Å²) in [7, 11) is 0. The summed E-state index contributed by atoms with van der Waals surface area (Å²) in [6.07, 6.45) is 4.41. The quantitative estimate of drug-likeness (QED) is 0.166. The first-order chi connectivity index (χ1) is 24.9. The molecule has 4 aromatic carbocycles. The molecule has 254 valence electrons. The zero-order valence-corrected chi connectivity index (χ0v) is 29.3. The Hall–Kier alpha value is -5.99. The van der Waals surface area contributed by atoms with Gasteiger partial charge >= 0.3 is 0 Å². The number of rotatable bonds is 8. The number of nitrogens with zero attached hydrogens (tertiary/aromatic N) is 5. The zero-order valence-electron chi connectivity index (χ0n) is 29.3. The molecule has 4 heterocycles. The summed E-state index contributed by atoms with van der Waals surface area (Å²) in [6.45, 7) is 9.01. The summed E-state index contributed by atoms with van der Waals surface area (Å²) in [4.78, 5) is 25.6. The molecule has 8 nitrogen and oxygen atoms in total. The Morgan fingerprint density at radius 3 is 1.71 bits per heavy atom. The third-order valence-corrected chi connectivity index (χ3v) is 9.23. The van der Waals surface area contributed by atoms with Crippen LogP contribution in [-0.2, 0) is 12.8 Å². The number of hydrogen-bond acceptors (Lipinski definition) is 7. The average molecular weight is 673 g/mol. The van der Waals surface area contributed by atoms with Crippen LogP contribution in [0.2, 0.25) is 0 Å². The van der Waals surface area contributed by atoms with Gasteiger partial charge in [-0.05, 0) is 79.6 Å². The van der Waals surface area contributed by atoms with E-state index in [1.54, 1.807) is 6.33 Å². The van der Waals surface area contributed by atoms with E-state index in [-0.39, 0.29) is 6.61 Å². The Kier molecular flexibility index (Phi) is 9.76. The van der Waals surface area contributed by atoms with Crippen molar-refractivity contribution in [3.8, 4) is 28.4 Å². The molecule has 8 heteroatoms. The number of pyridine rings is 2. The van der Waals surface area contributed by atoms with Crippen molar-refractivity contribution in [3.05, 3.63) is 143 Å². The molecule has 0 fully saturated rings. The Balaban J connectivity index is 0.000000170. The van der Waals surface area contributed by atoms with Crippen LogP contribution in [0.1, 0.15) is 33.4 Å². The van der Waals surface area contributed by atoms with Crippen LogP contribution < -0.4 is 4.74 Å². The number of H-pyrrole nitrogens is 1. The number of para-hydroxylation sites is 2. The third kappa shape index (κ3) is 7.04. The van der Waals surface area contributed by atoms with Crippen molar-refractivity contribution in [1.29, 1.82) is 0 Å². The minimum atomic E-state index is 0.137. The predicted octanol–water partition coefficient (Wildman–Crippen LogP) is 8.86. The summed E-state index contributed by atoms with van der Waals surface area (Å²) >= 11 is 0. The minimum absolute atomic E-state index is 0.137. The summed E-state index contributed by atoms with van der Waals surface area (Å²) in [5, 5.41) is 11.6. The van der Waals surface area contributed by atoms with E-state index in [1.807, 2.05) is 12.1 Å². The molecule has 51 heavy (non-hydrogen) atoms. The summed E-state index contributed by atoms with van der Waals surface area (Å²) < 4.78 is 5.98. The van der Waals surface area contributed by atoms with Gasteiger partial charge in [-0.15, -0.1) is 0 Å². The molecule has 0 aliphatic heterocycles. The van der Waals surface area contributed by atoms with Crippen LogP contribution in [0.25, 0.3) is 55.5 Å². The highest BCUT2D eigenvalue weighted by Gasteiger charge is 2.15. The molecule has 8 aromatic rings. The van der Waals surface area contributed by atoms with E-state index in [4.69, 9.17) is 14.7 Å². The normalized spacial score (nSPS) is 11.2. The number of imidazole rings is 1. The number of aromatic amines is 1. The van der Waals surface area contributed by atoms with Crippen LogP contribution in [0.4, 0.5) is 0 Å². The maximum atomic E-state index is 9.36. The van der Waals surface area contributed by atoms with E-state index >= 15 is 0 Å². The van der Waals surface area contributed by atoms with E-state index in [2.05, 4.69) is 133 Å². The van der Waals surface area contributed by atoms with Gasteiger partial charge in [0.25, 0.3) is 0 Å². The fourth-order valence-corrected chi connectivity index (χ4v) is 6.53. The molecule has 0 saturated carbocycles. The minimum Gasteiger partial charge on any atom is -0.476 e. The van der Waals surface area contributed by atoms with Crippen LogP contribution in [0, 0.1) is 27.7 Å².